The molecule has 0 heterocycles. The zero-order valence-electron chi connectivity index (χ0n) is 9.28. The summed E-state index contributed by atoms with van der Waals surface area (Å²) in [6.07, 6.45) is 5.05. The molecule has 80 valence electrons. The monoisotopic (exact) mass is 202 g/mol. The molecule has 1 aromatic carbocycles. The predicted molar refractivity (Wildman–Crippen MR) is 61.9 cm³/mol. The Morgan fingerprint density at radius 2 is 2.00 bits per heavy atom. The Balaban J connectivity index is 1.88. The molecule has 1 atom stereocenters. The minimum absolute atomic E-state index is 0.188. The number of benzene rings is 1. The van der Waals surface area contributed by atoms with Crippen LogP contribution in [0.3, 0.4) is 0 Å². The lowest BCUT2D eigenvalue weighted by molar-refractivity contribution is 0.0922. The van der Waals surface area contributed by atoms with Crippen LogP contribution < -0.4 is 0 Å². The molecule has 1 fully saturated rings. The fourth-order valence-electron chi connectivity index (χ4n) is 1.91. The predicted octanol–water partition coefficient (Wildman–Crippen LogP) is 3.70. The molecule has 0 aliphatic heterocycles. The standard InChI is InChI=1S/C14H18O/c1-11(7-8-12-9-10-12)14(15)13-5-3-2-4-6-13/h2-6,11-12H,7-10H2,1H3. The fraction of sp³-hybridized carbons (Fsp3) is 0.500. The molecule has 0 bridgehead atoms. The lowest BCUT2D eigenvalue weighted by Crippen LogP contribution is -2.11. The van der Waals surface area contributed by atoms with Crippen LogP contribution in [0.4, 0.5) is 0 Å². The first-order valence-electron chi connectivity index (χ1n) is 5.86. The molecule has 1 unspecified atom stereocenters. The number of ketones is 1. The van der Waals surface area contributed by atoms with Gasteiger partial charge in [-0.15, -0.1) is 0 Å². The highest BCUT2D eigenvalue weighted by Crippen LogP contribution is 2.34. The summed E-state index contributed by atoms with van der Waals surface area (Å²) in [5.41, 5.74) is 0.862. The second-order valence-corrected chi connectivity index (χ2v) is 4.65. The molecule has 1 nitrogen and oxygen atoms in total. The maximum atomic E-state index is 12.0. The van der Waals surface area contributed by atoms with Crippen molar-refractivity contribution in [3.05, 3.63) is 35.9 Å². The van der Waals surface area contributed by atoms with E-state index in [2.05, 4.69) is 6.92 Å². The quantitative estimate of drug-likeness (QED) is 0.665. The first-order valence-corrected chi connectivity index (χ1v) is 5.86. The number of Topliss-reactive ketones (excluding diaryl/α,β-unsaturated/α-hetero) is 1. The molecule has 1 heteroatoms. The van der Waals surface area contributed by atoms with Crippen molar-refractivity contribution in [2.75, 3.05) is 0 Å². The van der Waals surface area contributed by atoms with Gasteiger partial charge in [0.15, 0.2) is 5.78 Å². The van der Waals surface area contributed by atoms with Gasteiger partial charge in [0.2, 0.25) is 0 Å². The van der Waals surface area contributed by atoms with Gasteiger partial charge in [0.25, 0.3) is 0 Å². The number of rotatable bonds is 5. The summed E-state index contributed by atoms with van der Waals surface area (Å²) in [4.78, 5) is 12.0. The number of hydrogen-bond acceptors (Lipinski definition) is 1. The summed E-state index contributed by atoms with van der Waals surface area (Å²) in [5.74, 6) is 1.42. The molecule has 2 rings (SSSR count). The van der Waals surface area contributed by atoms with E-state index < -0.39 is 0 Å². The average Bonchev–Trinajstić information content (AvgIpc) is 3.10. The van der Waals surface area contributed by atoms with Crippen LogP contribution in [0.2, 0.25) is 0 Å². The Morgan fingerprint density at radius 1 is 1.33 bits per heavy atom. The molecule has 0 aromatic heterocycles. The zero-order valence-corrected chi connectivity index (χ0v) is 9.28. The molecule has 1 aliphatic rings. The van der Waals surface area contributed by atoms with Crippen LogP contribution >= 0.6 is 0 Å². The molecule has 0 saturated heterocycles. The Bertz CT molecular complexity index is 324. The van der Waals surface area contributed by atoms with Gasteiger partial charge >= 0.3 is 0 Å². The SMILES string of the molecule is CC(CCC1CC1)C(=O)c1ccccc1. The lowest BCUT2D eigenvalue weighted by atomic mass is 9.94. The minimum Gasteiger partial charge on any atom is -0.294 e. The van der Waals surface area contributed by atoms with E-state index in [0.717, 1.165) is 17.9 Å². The van der Waals surface area contributed by atoms with Crippen LogP contribution in [0.15, 0.2) is 30.3 Å². The molecular weight excluding hydrogens is 184 g/mol. The third kappa shape index (κ3) is 2.92. The molecule has 0 spiro atoms. The van der Waals surface area contributed by atoms with E-state index in [1.807, 2.05) is 30.3 Å². The first-order chi connectivity index (χ1) is 7.27. The van der Waals surface area contributed by atoms with E-state index >= 15 is 0 Å². The first kappa shape index (κ1) is 10.4. The number of carbonyl (C=O) groups is 1. The van der Waals surface area contributed by atoms with Crippen molar-refractivity contribution in [2.45, 2.75) is 32.6 Å². The van der Waals surface area contributed by atoms with Gasteiger partial charge in [0.1, 0.15) is 0 Å². The van der Waals surface area contributed by atoms with Crippen LogP contribution in [0.25, 0.3) is 0 Å². The normalized spacial score (nSPS) is 17.4. The molecule has 15 heavy (non-hydrogen) atoms. The van der Waals surface area contributed by atoms with Crippen molar-refractivity contribution in [1.29, 1.82) is 0 Å². The summed E-state index contributed by atoms with van der Waals surface area (Å²) in [5, 5.41) is 0. The minimum atomic E-state index is 0.188. The Kier molecular flexibility index (Phi) is 3.20. The van der Waals surface area contributed by atoms with E-state index in [1.165, 1.54) is 19.3 Å². The highest BCUT2D eigenvalue weighted by atomic mass is 16.1. The second kappa shape index (κ2) is 4.61. The van der Waals surface area contributed by atoms with E-state index in [1.54, 1.807) is 0 Å². The zero-order chi connectivity index (χ0) is 10.7. The van der Waals surface area contributed by atoms with E-state index in [-0.39, 0.29) is 5.92 Å². The smallest absolute Gasteiger partial charge is 0.165 e. The molecule has 0 amide bonds. The maximum absolute atomic E-state index is 12.0. The molecule has 1 saturated carbocycles. The van der Waals surface area contributed by atoms with Gasteiger partial charge in [-0.25, -0.2) is 0 Å². The van der Waals surface area contributed by atoms with Crippen LogP contribution in [-0.4, -0.2) is 5.78 Å². The van der Waals surface area contributed by atoms with Gasteiger partial charge in [0, 0.05) is 11.5 Å². The van der Waals surface area contributed by atoms with Gasteiger partial charge in [-0.2, -0.15) is 0 Å². The van der Waals surface area contributed by atoms with Gasteiger partial charge in [-0.1, -0.05) is 50.1 Å². The number of hydrogen-bond donors (Lipinski definition) is 0. The highest BCUT2D eigenvalue weighted by Gasteiger charge is 2.23. The molecule has 1 aromatic rings. The van der Waals surface area contributed by atoms with Crippen LogP contribution in [0.1, 0.15) is 43.0 Å². The highest BCUT2D eigenvalue weighted by molar-refractivity contribution is 5.97. The topological polar surface area (TPSA) is 17.1 Å². The Morgan fingerprint density at radius 3 is 2.60 bits per heavy atom. The van der Waals surface area contributed by atoms with E-state index in [4.69, 9.17) is 0 Å². The van der Waals surface area contributed by atoms with Gasteiger partial charge in [0.05, 0.1) is 0 Å². The van der Waals surface area contributed by atoms with Crippen LogP contribution in [0, 0.1) is 11.8 Å². The number of carbonyl (C=O) groups excluding carboxylic acids is 1. The summed E-state index contributed by atoms with van der Waals surface area (Å²) in [7, 11) is 0. The van der Waals surface area contributed by atoms with Crippen molar-refractivity contribution in [2.24, 2.45) is 11.8 Å². The van der Waals surface area contributed by atoms with E-state index in [9.17, 15) is 4.79 Å². The molecule has 0 N–H and O–H groups in total. The summed E-state index contributed by atoms with van der Waals surface area (Å²) in [6.45, 7) is 2.05. The summed E-state index contributed by atoms with van der Waals surface area (Å²) >= 11 is 0. The fourth-order valence-corrected chi connectivity index (χ4v) is 1.91. The maximum Gasteiger partial charge on any atom is 0.165 e. The molecular formula is C14H18O. The van der Waals surface area contributed by atoms with Crippen molar-refractivity contribution < 1.29 is 4.79 Å². The van der Waals surface area contributed by atoms with Crippen molar-refractivity contribution in [3.63, 3.8) is 0 Å². The average molecular weight is 202 g/mol. The van der Waals surface area contributed by atoms with Gasteiger partial charge in [-0.05, 0) is 18.8 Å². The third-order valence-electron chi connectivity index (χ3n) is 3.21. The van der Waals surface area contributed by atoms with Gasteiger partial charge < -0.3 is 0 Å². The van der Waals surface area contributed by atoms with Crippen LogP contribution in [-0.2, 0) is 0 Å². The van der Waals surface area contributed by atoms with Crippen molar-refractivity contribution >= 4 is 5.78 Å². The Hall–Kier alpha value is -1.11. The van der Waals surface area contributed by atoms with Gasteiger partial charge in [-0.3, -0.25) is 4.79 Å². The van der Waals surface area contributed by atoms with Crippen molar-refractivity contribution in [1.82, 2.24) is 0 Å². The summed E-state index contributed by atoms with van der Waals surface area (Å²) < 4.78 is 0. The van der Waals surface area contributed by atoms with Crippen LogP contribution in [0.5, 0.6) is 0 Å². The van der Waals surface area contributed by atoms with Crippen molar-refractivity contribution in [3.8, 4) is 0 Å². The molecule has 1 aliphatic carbocycles. The second-order valence-electron chi connectivity index (χ2n) is 4.65. The van der Waals surface area contributed by atoms with E-state index in [0.29, 0.717) is 5.78 Å². The molecule has 0 radical (unpaired) electrons. The third-order valence-corrected chi connectivity index (χ3v) is 3.21. The lowest BCUT2D eigenvalue weighted by Gasteiger charge is -2.09. The Labute approximate surface area is 91.5 Å². The summed E-state index contributed by atoms with van der Waals surface area (Å²) in [6, 6.07) is 9.64. The largest absolute Gasteiger partial charge is 0.294 e.